The summed E-state index contributed by atoms with van der Waals surface area (Å²) in [5.41, 5.74) is 2.40. The van der Waals surface area contributed by atoms with Gasteiger partial charge in [0.15, 0.2) is 0 Å². The molecule has 2 heterocycles. The fourth-order valence-electron chi connectivity index (χ4n) is 1.80. The van der Waals surface area contributed by atoms with Crippen molar-refractivity contribution in [1.82, 2.24) is 4.40 Å². The maximum absolute atomic E-state index is 5.93. The second kappa shape index (κ2) is 2.76. The summed E-state index contributed by atoms with van der Waals surface area (Å²) in [6, 6.07) is 14.3. The van der Waals surface area contributed by atoms with Crippen molar-refractivity contribution < 1.29 is 0 Å². The highest BCUT2D eigenvalue weighted by molar-refractivity contribution is 6.31. The fourth-order valence-corrected chi connectivity index (χ4v) is 1.98. The van der Waals surface area contributed by atoms with E-state index < -0.39 is 0 Å². The Morgan fingerprint density at radius 3 is 2.86 bits per heavy atom. The molecule has 0 saturated heterocycles. The maximum Gasteiger partial charge on any atom is 0.0528 e. The Morgan fingerprint density at radius 2 is 1.93 bits per heavy atom. The second-order valence-electron chi connectivity index (χ2n) is 3.34. The molecule has 2 aromatic heterocycles. The van der Waals surface area contributed by atoms with Crippen molar-refractivity contribution >= 4 is 28.0 Å². The third-order valence-electron chi connectivity index (χ3n) is 2.46. The maximum atomic E-state index is 5.93. The SMILES string of the molecule is Clc1ccc2c(ccc3cccn32)c1. The molecule has 2 heteroatoms. The predicted octanol–water partition coefficient (Wildman–Crippen LogP) is 3.75. The molecule has 0 unspecified atom stereocenters. The minimum absolute atomic E-state index is 0.781. The van der Waals surface area contributed by atoms with E-state index in [9.17, 15) is 0 Å². The number of hydrogen-bond acceptors (Lipinski definition) is 0. The molecule has 0 aliphatic rings. The lowest BCUT2D eigenvalue weighted by atomic mass is 10.2. The zero-order valence-corrected chi connectivity index (χ0v) is 8.20. The van der Waals surface area contributed by atoms with Crippen LogP contribution in [0.25, 0.3) is 16.4 Å². The minimum atomic E-state index is 0.781. The van der Waals surface area contributed by atoms with E-state index in [1.165, 1.54) is 16.4 Å². The van der Waals surface area contributed by atoms with E-state index in [1.54, 1.807) is 0 Å². The first-order chi connectivity index (χ1) is 6.84. The number of aromatic nitrogens is 1. The van der Waals surface area contributed by atoms with E-state index in [4.69, 9.17) is 11.6 Å². The quantitative estimate of drug-likeness (QED) is 0.522. The van der Waals surface area contributed by atoms with Crippen molar-refractivity contribution in [3.63, 3.8) is 0 Å². The molecular formula is C12H8ClN. The Hall–Kier alpha value is -1.47. The molecule has 1 nitrogen and oxygen atoms in total. The van der Waals surface area contributed by atoms with Crippen LogP contribution in [0.4, 0.5) is 0 Å². The van der Waals surface area contributed by atoms with E-state index in [0.717, 1.165) is 5.02 Å². The average molecular weight is 202 g/mol. The van der Waals surface area contributed by atoms with E-state index in [-0.39, 0.29) is 0 Å². The van der Waals surface area contributed by atoms with Crippen LogP contribution in [0.3, 0.4) is 0 Å². The number of rotatable bonds is 0. The van der Waals surface area contributed by atoms with Gasteiger partial charge in [0, 0.05) is 22.1 Å². The van der Waals surface area contributed by atoms with Gasteiger partial charge in [-0.05, 0) is 36.4 Å². The van der Waals surface area contributed by atoms with Crippen molar-refractivity contribution in [2.24, 2.45) is 0 Å². The van der Waals surface area contributed by atoms with Crippen LogP contribution in [0.1, 0.15) is 0 Å². The average Bonchev–Trinajstić information content (AvgIpc) is 2.65. The van der Waals surface area contributed by atoms with Crippen molar-refractivity contribution in [2.75, 3.05) is 0 Å². The number of benzene rings is 1. The number of hydrogen-bond donors (Lipinski definition) is 0. The number of nitrogens with zero attached hydrogens (tertiary/aromatic N) is 1. The van der Waals surface area contributed by atoms with Gasteiger partial charge in [-0.25, -0.2) is 0 Å². The summed E-state index contributed by atoms with van der Waals surface area (Å²) in [5, 5.41) is 1.95. The lowest BCUT2D eigenvalue weighted by Gasteiger charge is -2.02. The Bertz CT molecular complexity index is 610. The third kappa shape index (κ3) is 1.03. The third-order valence-corrected chi connectivity index (χ3v) is 2.70. The first kappa shape index (κ1) is 7.89. The van der Waals surface area contributed by atoms with Gasteiger partial charge < -0.3 is 4.40 Å². The van der Waals surface area contributed by atoms with Crippen molar-refractivity contribution in [1.29, 1.82) is 0 Å². The van der Waals surface area contributed by atoms with Crippen LogP contribution in [-0.2, 0) is 0 Å². The molecule has 3 rings (SSSR count). The van der Waals surface area contributed by atoms with E-state index in [1.807, 2.05) is 24.3 Å². The second-order valence-corrected chi connectivity index (χ2v) is 3.78. The molecule has 0 N–H and O–H groups in total. The number of pyridine rings is 1. The van der Waals surface area contributed by atoms with E-state index in [0.29, 0.717) is 0 Å². The summed E-state index contributed by atoms with van der Waals surface area (Å²) in [7, 11) is 0. The zero-order chi connectivity index (χ0) is 9.54. The largest absolute Gasteiger partial charge is 0.317 e. The van der Waals surface area contributed by atoms with Crippen LogP contribution in [0.15, 0.2) is 48.7 Å². The smallest absolute Gasteiger partial charge is 0.0528 e. The Labute approximate surface area is 86.5 Å². The van der Waals surface area contributed by atoms with Gasteiger partial charge in [-0.1, -0.05) is 17.7 Å². The lowest BCUT2D eigenvalue weighted by molar-refractivity contribution is 1.27. The molecule has 0 aliphatic carbocycles. The molecule has 68 valence electrons. The van der Waals surface area contributed by atoms with Gasteiger partial charge in [-0.15, -0.1) is 0 Å². The number of halogens is 1. The normalized spacial score (nSPS) is 11.2. The molecule has 3 aromatic rings. The molecule has 0 spiro atoms. The van der Waals surface area contributed by atoms with Gasteiger partial charge in [-0.3, -0.25) is 0 Å². The summed E-state index contributed by atoms with van der Waals surface area (Å²) in [6.07, 6.45) is 2.06. The molecule has 0 radical (unpaired) electrons. The van der Waals surface area contributed by atoms with Crippen LogP contribution in [-0.4, -0.2) is 4.40 Å². The fraction of sp³-hybridized carbons (Fsp3) is 0. The first-order valence-corrected chi connectivity index (χ1v) is 4.88. The molecule has 0 bridgehead atoms. The van der Waals surface area contributed by atoms with Crippen molar-refractivity contribution in [3.05, 3.63) is 53.7 Å². The highest BCUT2D eigenvalue weighted by atomic mass is 35.5. The van der Waals surface area contributed by atoms with Crippen LogP contribution in [0.2, 0.25) is 5.02 Å². The van der Waals surface area contributed by atoms with Gasteiger partial charge in [0.1, 0.15) is 0 Å². The van der Waals surface area contributed by atoms with Gasteiger partial charge in [0.25, 0.3) is 0 Å². The number of fused-ring (bicyclic) bond motifs is 3. The Balaban J connectivity index is 2.57. The van der Waals surface area contributed by atoms with E-state index >= 15 is 0 Å². The summed E-state index contributed by atoms with van der Waals surface area (Å²) in [6.45, 7) is 0. The van der Waals surface area contributed by atoms with Crippen LogP contribution in [0.5, 0.6) is 0 Å². The van der Waals surface area contributed by atoms with Crippen LogP contribution in [0, 0.1) is 0 Å². The first-order valence-electron chi connectivity index (χ1n) is 4.50. The van der Waals surface area contributed by atoms with Crippen LogP contribution < -0.4 is 0 Å². The van der Waals surface area contributed by atoms with Crippen molar-refractivity contribution in [2.45, 2.75) is 0 Å². The standard InChI is InChI=1S/C12H8ClN/c13-10-4-6-12-9(8-10)3-5-11-2-1-7-14(11)12/h1-8H. The summed E-state index contributed by atoms with van der Waals surface area (Å²) in [5.74, 6) is 0. The topological polar surface area (TPSA) is 4.41 Å². The highest BCUT2D eigenvalue weighted by Gasteiger charge is 1.98. The molecule has 0 amide bonds. The Morgan fingerprint density at radius 1 is 1.00 bits per heavy atom. The van der Waals surface area contributed by atoms with Gasteiger partial charge in [0.2, 0.25) is 0 Å². The monoisotopic (exact) mass is 201 g/mol. The van der Waals surface area contributed by atoms with Crippen LogP contribution >= 0.6 is 11.6 Å². The highest BCUT2D eigenvalue weighted by Crippen LogP contribution is 2.21. The Kier molecular flexibility index (Phi) is 1.55. The molecule has 0 aliphatic heterocycles. The molecular weight excluding hydrogens is 194 g/mol. The minimum Gasteiger partial charge on any atom is -0.317 e. The summed E-state index contributed by atoms with van der Waals surface area (Å²) in [4.78, 5) is 0. The van der Waals surface area contributed by atoms with Gasteiger partial charge in [-0.2, -0.15) is 0 Å². The summed E-state index contributed by atoms with van der Waals surface area (Å²) < 4.78 is 2.16. The lowest BCUT2D eigenvalue weighted by Crippen LogP contribution is -1.84. The molecule has 1 aromatic carbocycles. The van der Waals surface area contributed by atoms with Crippen molar-refractivity contribution in [3.8, 4) is 0 Å². The van der Waals surface area contributed by atoms with Gasteiger partial charge in [0.05, 0.1) is 5.52 Å². The summed E-state index contributed by atoms with van der Waals surface area (Å²) >= 11 is 5.93. The van der Waals surface area contributed by atoms with E-state index in [2.05, 4.69) is 28.8 Å². The zero-order valence-electron chi connectivity index (χ0n) is 7.44. The molecule has 14 heavy (non-hydrogen) atoms. The molecule has 0 saturated carbocycles. The van der Waals surface area contributed by atoms with Gasteiger partial charge >= 0.3 is 0 Å². The molecule has 0 atom stereocenters. The molecule has 0 fully saturated rings. The predicted molar refractivity (Wildman–Crippen MR) is 59.9 cm³/mol.